The molecule has 0 rings (SSSR count). The van der Waals surface area contributed by atoms with Gasteiger partial charge in [0.25, 0.3) is 0 Å². The van der Waals surface area contributed by atoms with Gasteiger partial charge in [-0.3, -0.25) is 4.79 Å². The van der Waals surface area contributed by atoms with Crippen molar-refractivity contribution in [3.63, 3.8) is 0 Å². The Bertz CT molecular complexity index is 174. The van der Waals surface area contributed by atoms with E-state index >= 15 is 0 Å². The fourth-order valence-corrected chi connectivity index (χ4v) is 0.763. The first kappa shape index (κ1) is 12.1. The molecule has 0 aliphatic rings. The largest absolute Gasteiger partial charge is 0.457 e. The van der Waals surface area contributed by atoms with Crippen LogP contribution in [0.1, 0.15) is 27.2 Å². The van der Waals surface area contributed by atoms with Gasteiger partial charge in [0.05, 0.1) is 6.61 Å². The standard InChI is InChI=1S/C9H16O4/c1-4-8(11)13-9(2,3)7-12-6-5-10/h5H,4,6-7H2,1-3H3. The molecule has 0 heterocycles. The summed E-state index contributed by atoms with van der Waals surface area (Å²) < 4.78 is 10.0. The van der Waals surface area contributed by atoms with Crippen molar-refractivity contribution < 1.29 is 19.1 Å². The molecule has 0 saturated heterocycles. The maximum Gasteiger partial charge on any atom is 0.306 e. The minimum atomic E-state index is -0.657. The SMILES string of the molecule is CCC(=O)OC(C)(C)COCC=O. The van der Waals surface area contributed by atoms with Crippen LogP contribution in [0.25, 0.3) is 0 Å². The van der Waals surface area contributed by atoms with Gasteiger partial charge in [-0.2, -0.15) is 0 Å². The van der Waals surface area contributed by atoms with Crippen molar-refractivity contribution in [3.8, 4) is 0 Å². The highest BCUT2D eigenvalue weighted by molar-refractivity contribution is 5.69. The van der Waals surface area contributed by atoms with Crippen LogP contribution in [0.5, 0.6) is 0 Å². The summed E-state index contributed by atoms with van der Waals surface area (Å²) in [5.41, 5.74) is -0.657. The van der Waals surface area contributed by atoms with Gasteiger partial charge in [0.15, 0.2) is 0 Å². The van der Waals surface area contributed by atoms with Gasteiger partial charge in [0.1, 0.15) is 18.5 Å². The lowest BCUT2D eigenvalue weighted by Gasteiger charge is -2.24. The number of carbonyl (C=O) groups excluding carboxylic acids is 2. The van der Waals surface area contributed by atoms with Crippen molar-refractivity contribution in [2.75, 3.05) is 13.2 Å². The Balaban J connectivity index is 3.78. The molecule has 0 unspecified atom stereocenters. The van der Waals surface area contributed by atoms with Gasteiger partial charge in [-0.25, -0.2) is 0 Å². The molecule has 13 heavy (non-hydrogen) atoms. The smallest absolute Gasteiger partial charge is 0.306 e. The van der Waals surface area contributed by atoms with E-state index in [1.54, 1.807) is 20.8 Å². The molecule has 0 saturated carbocycles. The highest BCUT2D eigenvalue weighted by atomic mass is 16.6. The maximum atomic E-state index is 10.9. The monoisotopic (exact) mass is 188 g/mol. The van der Waals surface area contributed by atoms with Crippen LogP contribution in [0.15, 0.2) is 0 Å². The van der Waals surface area contributed by atoms with E-state index in [2.05, 4.69) is 0 Å². The summed E-state index contributed by atoms with van der Waals surface area (Å²) in [5.74, 6) is -0.264. The van der Waals surface area contributed by atoms with E-state index in [0.717, 1.165) is 0 Å². The number of carbonyl (C=O) groups is 2. The van der Waals surface area contributed by atoms with Gasteiger partial charge in [0, 0.05) is 6.42 Å². The second-order valence-corrected chi connectivity index (χ2v) is 3.27. The highest BCUT2D eigenvalue weighted by Gasteiger charge is 2.22. The molecule has 0 aromatic carbocycles. The Morgan fingerprint density at radius 1 is 1.46 bits per heavy atom. The van der Waals surface area contributed by atoms with E-state index in [1.807, 2.05) is 0 Å². The number of aldehydes is 1. The molecule has 0 atom stereocenters. The Morgan fingerprint density at radius 3 is 2.54 bits per heavy atom. The normalized spacial score (nSPS) is 11.0. The lowest BCUT2D eigenvalue weighted by molar-refractivity contribution is -0.161. The molecule has 0 amide bonds. The number of hydrogen-bond acceptors (Lipinski definition) is 4. The number of ether oxygens (including phenoxy) is 2. The van der Waals surface area contributed by atoms with Gasteiger partial charge < -0.3 is 14.3 Å². The second-order valence-electron chi connectivity index (χ2n) is 3.27. The van der Waals surface area contributed by atoms with Crippen LogP contribution >= 0.6 is 0 Å². The summed E-state index contributed by atoms with van der Waals surface area (Å²) in [6.45, 7) is 5.48. The van der Waals surface area contributed by atoms with E-state index in [0.29, 0.717) is 12.7 Å². The van der Waals surface area contributed by atoms with Gasteiger partial charge in [-0.15, -0.1) is 0 Å². The average molecular weight is 188 g/mol. The first-order chi connectivity index (χ1) is 6.02. The fraction of sp³-hybridized carbons (Fsp3) is 0.778. The molecule has 0 spiro atoms. The minimum absolute atomic E-state index is 0.0348. The zero-order chi connectivity index (χ0) is 10.3. The summed E-state index contributed by atoms with van der Waals surface area (Å²) in [6, 6.07) is 0. The van der Waals surface area contributed by atoms with Crippen LogP contribution in [-0.4, -0.2) is 31.1 Å². The summed E-state index contributed by atoms with van der Waals surface area (Å²) in [6.07, 6.45) is 1.01. The van der Waals surface area contributed by atoms with Gasteiger partial charge in [0.2, 0.25) is 0 Å². The van der Waals surface area contributed by atoms with Crippen molar-refractivity contribution >= 4 is 12.3 Å². The highest BCUT2D eigenvalue weighted by Crippen LogP contribution is 2.10. The first-order valence-corrected chi connectivity index (χ1v) is 4.25. The fourth-order valence-electron chi connectivity index (χ4n) is 0.763. The predicted octanol–water partition coefficient (Wildman–Crippen LogP) is 0.934. The molecule has 0 N–H and O–H groups in total. The molecule has 0 aliphatic carbocycles. The van der Waals surface area contributed by atoms with E-state index in [9.17, 15) is 9.59 Å². The number of esters is 1. The van der Waals surface area contributed by atoms with Crippen LogP contribution in [0.3, 0.4) is 0 Å². The van der Waals surface area contributed by atoms with Crippen LogP contribution in [-0.2, 0) is 19.1 Å². The molecular formula is C9H16O4. The van der Waals surface area contributed by atoms with Crippen LogP contribution in [0, 0.1) is 0 Å². The quantitative estimate of drug-likeness (QED) is 0.353. The molecule has 0 aliphatic heterocycles. The molecule has 0 bridgehead atoms. The topological polar surface area (TPSA) is 52.6 Å². The third kappa shape index (κ3) is 6.28. The van der Waals surface area contributed by atoms with Gasteiger partial charge >= 0.3 is 5.97 Å². The van der Waals surface area contributed by atoms with Crippen molar-refractivity contribution in [1.29, 1.82) is 0 Å². The van der Waals surface area contributed by atoms with E-state index in [1.165, 1.54) is 0 Å². The second kappa shape index (κ2) is 5.70. The number of rotatable bonds is 6. The van der Waals surface area contributed by atoms with Crippen LogP contribution in [0.2, 0.25) is 0 Å². The van der Waals surface area contributed by atoms with E-state index in [4.69, 9.17) is 9.47 Å². The molecule has 0 aromatic rings. The molecule has 0 aromatic heterocycles. The van der Waals surface area contributed by atoms with E-state index in [-0.39, 0.29) is 19.2 Å². The lowest BCUT2D eigenvalue weighted by Crippen LogP contribution is -2.33. The van der Waals surface area contributed by atoms with Crippen molar-refractivity contribution in [1.82, 2.24) is 0 Å². The summed E-state index contributed by atoms with van der Waals surface area (Å²) >= 11 is 0. The predicted molar refractivity (Wildman–Crippen MR) is 47.3 cm³/mol. The van der Waals surface area contributed by atoms with E-state index < -0.39 is 5.60 Å². The molecule has 0 radical (unpaired) electrons. The summed E-state index contributed by atoms with van der Waals surface area (Å²) in [7, 11) is 0. The molecule has 4 heteroatoms. The molecular weight excluding hydrogens is 172 g/mol. The Labute approximate surface area is 78.2 Å². The van der Waals surface area contributed by atoms with Crippen molar-refractivity contribution in [3.05, 3.63) is 0 Å². The number of hydrogen-bond donors (Lipinski definition) is 0. The summed E-state index contributed by atoms with van der Waals surface area (Å²) in [4.78, 5) is 20.8. The average Bonchev–Trinajstić information content (AvgIpc) is 2.03. The van der Waals surface area contributed by atoms with Gasteiger partial charge in [-0.05, 0) is 13.8 Å². The zero-order valence-electron chi connectivity index (χ0n) is 8.33. The molecule has 4 nitrogen and oxygen atoms in total. The third-order valence-corrected chi connectivity index (χ3v) is 1.31. The van der Waals surface area contributed by atoms with Gasteiger partial charge in [-0.1, -0.05) is 6.92 Å². The first-order valence-electron chi connectivity index (χ1n) is 4.25. The maximum absolute atomic E-state index is 10.9. The lowest BCUT2D eigenvalue weighted by atomic mass is 10.1. The Kier molecular flexibility index (Phi) is 5.30. The van der Waals surface area contributed by atoms with Crippen LogP contribution < -0.4 is 0 Å². The van der Waals surface area contributed by atoms with Crippen LogP contribution in [0.4, 0.5) is 0 Å². The Morgan fingerprint density at radius 2 is 2.08 bits per heavy atom. The van der Waals surface area contributed by atoms with Crippen molar-refractivity contribution in [2.24, 2.45) is 0 Å². The molecule has 0 fully saturated rings. The summed E-state index contributed by atoms with van der Waals surface area (Å²) in [5, 5.41) is 0. The third-order valence-electron chi connectivity index (χ3n) is 1.31. The minimum Gasteiger partial charge on any atom is -0.457 e. The Hall–Kier alpha value is -0.900. The van der Waals surface area contributed by atoms with Crippen molar-refractivity contribution in [2.45, 2.75) is 32.8 Å². The zero-order valence-corrected chi connectivity index (χ0v) is 8.33. The molecule has 76 valence electrons.